The maximum Gasteiger partial charge on any atom is 0.0580 e. The van der Waals surface area contributed by atoms with Gasteiger partial charge in [-0.1, -0.05) is 19.9 Å². The van der Waals surface area contributed by atoms with Gasteiger partial charge in [0.25, 0.3) is 0 Å². The van der Waals surface area contributed by atoms with Gasteiger partial charge in [0.2, 0.25) is 0 Å². The molecule has 1 aromatic rings. The highest BCUT2D eigenvalue weighted by Gasteiger charge is 2.21. The zero-order valence-corrected chi connectivity index (χ0v) is 11.0. The Morgan fingerprint density at radius 2 is 2.29 bits per heavy atom. The summed E-state index contributed by atoms with van der Waals surface area (Å²) in [7, 11) is 1.97. The average molecular weight is 234 g/mol. The highest BCUT2D eigenvalue weighted by molar-refractivity contribution is 5.28. The Kier molecular flexibility index (Phi) is 4.13. The van der Waals surface area contributed by atoms with Crippen LogP contribution in [0.2, 0.25) is 0 Å². The molecule has 0 saturated carbocycles. The van der Waals surface area contributed by atoms with Crippen LogP contribution >= 0.6 is 0 Å². The topological polar surface area (TPSA) is 34.2 Å². The van der Waals surface area contributed by atoms with E-state index in [1.807, 2.05) is 7.05 Å². The number of pyridine rings is 1. The van der Waals surface area contributed by atoms with Crippen molar-refractivity contribution in [3.63, 3.8) is 0 Å². The van der Waals surface area contributed by atoms with Gasteiger partial charge in [0.1, 0.15) is 0 Å². The minimum Gasteiger partial charge on any atom is -0.381 e. The third-order valence-electron chi connectivity index (χ3n) is 3.34. The van der Waals surface area contributed by atoms with Crippen LogP contribution in [-0.2, 0) is 11.3 Å². The number of hydrogen-bond acceptors (Lipinski definition) is 3. The van der Waals surface area contributed by atoms with Crippen LogP contribution in [-0.4, -0.2) is 25.2 Å². The fourth-order valence-corrected chi connectivity index (χ4v) is 2.31. The maximum absolute atomic E-state index is 5.47. The van der Waals surface area contributed by atoms with Gasteiger partial charge in [-0.15, -0.1) is 0 Å². The zero-order chi connectivity index (χ0) is 12.3. The lowest BCUT2D eigenvalue weighted by Crippen LogP contribution is -2.14. The first-order chi connectivity index (χ1) is 8.22. The van der Waals surface area contributed by atoms with Crippen molar-refractivity contribution in [1.29, 1.82) is 0 Å². The van der Waals surface area contributed by atoms with Gasteiger partial charge in [-0.2, -0.15) is 0 Å². The Labute approximate surface area is 104 Å². The van der Waals surface area contributed by atoms with E-state index in [2.05, 4.69) is 31.3 Å². The fraction of sp³-hybridized carbons (Fsp3) is 0.643. The predicted molar refractivity (Wildman–Crippen MR) is 69.3 cm³/mol. The van der Waals surface area contributed by atoms with E-state index in [1.54, 1.807) is 0 Å². The molecule has 94 valence electrons. The van der Waals surface area contributed by atoms with Crippen LogP contribution in [0.1, 0.15) is 49.1 Å². The molecular formula is C14H22N2O. The Bertz CT molecular complexity index is 370. The van der Waals surface area contributed by atoms with Gasteiger partial charge in [0, 0.05) is 24.8 Å². The lowest BCUT2D eigenvalue weighted by atomic mass is 9.95. The van der Waals surface area contributed by atoms with E-state index in [4.69, 9.17) is 9.72 Å². The molecule has 2 heterocycles. The summed E-state index contributed by atoms with van der Waals surface area (Å²) >= 11 is 0. The zero-order valence-electron chi connectivity index (χ0n) is 11.0. The smallest absolute Gasteiger partial charge is 0.0580 e. The second kappa shape index (κ2) is 5.61. The van der Waals surface area contributed by atoms with E-state index < -0.39 is 0 Å². The van der Waals surface area contributed by atoms with Gasteiger partial charge in [0.15, 0.2) is 0 Å². The lowest BCUT2D eigenvalue weighted by Gasteiger charge is -2.16. The number of nitrogens with zero attached hydrogens (tertiary/aromatic N) is 1. The Morgan fingerprint density at radius 3 is 2.88 bits per heavy atom. The van der Waals surface area contributed by atoms with Crippen molar-refractivity contribution in [2.24, 2.45) is 0 Å². The van der Waals surface area contributed by atoms with Gasteiger partial charge in [0.05, 0.1) is 12.3 Å². The highest BCUT2D eigenvalue weighted by atomic mass is 16.5. The van der Waals surface area contributed by atoms with Crippen molar-refractivity contribution in [3.8, 4) is 0 Å². The van der Waals surface area contributed by atoms with E-state index >= 15 is 0 Å². The first-order valence-corrected chi connectivity index (χ1v) is 6.44. The van der Waals surface area contributed by atoms with E-state index in [-0.39, 0.29) is 0 Å². The molecule has 1 saturated heterocycles. The van der Waals surface area contributed by atoms with Crippen LogP contribution in [0.15, 0.2) is 12.1 Å². The van der Waals surface area contributed by atoms with Crippen LogP contribution in [0.5, 0.6) is 0 Å². The van der Waals surface area contributed by atoms with Crippen molar-refractivity contribution in [2.45, 2.75) is 38.6 Å². The summed E-state index contributed by atoms with van der Waals surface area (Å²) in [4.78, 5) is 4.79. The Morgan fingerprint density at radius 1 is 1.47 bits per heavy atom. The molecule has 2 rings (SSSR count). The first kappa shape index (κ1) is 12.5. The van der Waals surface area contributed by atoms with Crippen molar-refractivity contribution in [3.05, 3.63) is 29.1 Å². The molecule has 0 spiro atoms. The van der Waals surface area contributed by atoms with E-state index in [0.717, 1.165) is 26.2 Å². The number of hydrogen-bond donors (Lipinski definition) is 1. The second-order valence-corrected chi connectivity index (χ2v) is 5.02. The van der Waals surface area contributed by atoms with Gasteiger partial charge in [-0.3, -0.25) is 4.98 Å². The lowest BCUT2D eigenvalue weighted by molar-refractivity contribution is 0.193. The number of aromatic nitrogens is 1. The van der Waals surface area contributed by atoms with Crippen LogP contribution < -0.4 is 5.32 Å². The number of rotatable bonds is 4. The van der Waals surface area contributed by atoms with Gasteiger partial charge in [-0.05, 0) is 31.0 Å². The van der Waals surface area contributed by atoms with Crippen LogP contribution in [0.4, 0.5) is 0 Å². The van der Waals surface area contributed by atoms with Gasteiger partial charge in [-0.25, -0.2) is 0 Å². The molecule has 1 aliphatic rings. The normalized spacial score (nSPS) is 20.1. The third-order valence-corrected chi connectivity index (χ3v) is 3.34. The molecule has 1 aliphatic heterocycles. The SMILES string of the molecule is CNCc1nc(C(C)C)ccc1[C@H]1CCOC1. The summed E-state index contributed by atoms with van der Waals surface area (Å²) in [6.45, 7) is 6.94. The maximum atomic E-state index is 5.47. The van der Waals surface area contributed by atoms with E-state index in [1.165, 1.54) is 17.0 Å². The molecule has 3 nitrogen and oxygen atoms in total. The highest BCUT2D eigenvalue weighted by Crippen LogP contribution is 2.28. The molecule has 1 N–H and O–H groups in total. The van der Waals surface area contributed by atoms with Crippen LogP contribution in [0.3, 0.4) is 0 Å². The van der Waals surface area contributed by atoms with Crippen molar-refractivity contribution in [1.82, 2.24) is 10.3 Å². The fourth-order valence-electron chi connectivity index (χ4n) is 2.31. The monoisotopic (exact) mass is 234 g/mol. The molecule has 3 heteroatoms. The summed E-state index contributed by atoms with van der Waals surface area (Å²) in [5.41, 5.74) is 3.73. The van der Waals surface area contributed by atoms with Crippen LogP contribution in [0, 0.1) is 0 Å². The molecule has 0 radical (unpaired) electrons. The Balaban J connectivity index is 2.29. The Hall–Kier alpha value is -0.930. The first-order valence-electron chi connectivity index (χ1n) is 6.44. The summed E-state index contributed by atoms with van der Waals surface area (Å²) in [6, 6.07) is 4.41. The molecule has 17 heavy (non-hydrogen) atoms. The minimum atomic E-state index is 0.486. The molecular weight excluding hydrogens is 212 g/mol. The molecule has 1 aromatic heterocycles. The summed E-state index contributed by atoms with van der Waals surface area (Å²) in [5.74, 6) is 1.02. The molecule has 0 aliphatic carbocycles. The number of nitrogens with one attached hydrogen (secondary N) is 1. The molecule has 0 aromatic carbocycles. The third kappa shape index (κ3) is 2.85. The van der Waals surface area contributed by atoms with Gasteiger partial charge < -0.3 is 10.1 Å². The van der Waals surface area contributed by atoms with E-state index in [0.29, 0.717) is 11.8 Å². The number of ether oxygens (including phenoxy) is 1. The van der Waals surface area contributed by atoms with Crippen molar-refractivity contribution < 1.29 is 4.74 Å². The molecule has 0 amide bonds. The largest absolute Gasteiger partial charge is 0.381 e. The molecule has 0 bridgehead atoms. The molecule has 1 atom stereocenters. The van der Waals surface area contributed by atoms with Crippen LogP contribution in [0.25, 0.3) is 0 Å². The minimum absolute atomic E-state index is 0.486. The van der Waals surface area contributed by atoms with Crippen molar-refractivity contribution in [2.75, 3.05) is 20.3 Å². The summed E-state index contributed by atoms with van der Waals surface area (Å²) < 4.78 is 5.47. The molecule has 1 fully saturated rings. The quantitative estimate of drug-likeness (QED) is 0.868. The average Bonchev–Trinajstić information content (AvgIpc) is 2.82. The second-order valence-electron chi connectivity index (χ2n) is 5.02. The van der Waals surface area contributed by atoms with Crippen molar-refractivity contribution >= 4 is 0 Å². The van der Waals surface area contributed by atoms with Gasteiger partial charge >= 0.3 is 0 Å². The summed E-state index contributed by atoms with van der Waals surface area (Å²) in [5, 5.41) is 3.21. The molecule has 0 unspecified atom stereocenters. The predicted octanol–water partition coefficient (Wildman–Crippen LogP) is 2.43. The summed E-state index contributed by atoms with van der Waals surface area (Å²) in [6.07, 6.45) is 1.12. The van der Waals surface area contributed by atoms with E-state index in [9.17, 15) is 0 Å². The standard InChI is InChI=1S/C14H22N2O/c1-10(2)13-5-4-12(11-6-7-17-9-11)14(16-13)8-15-3/h4-5,10-11,15H,6-9H2,1-3H3/t11-/m0/s1.